The summed E-state index contributed by atoms with van der Waals surface area (Å²) in [5.74, 6) is 0.195. The monoisotopic (exact) mass is 357 g/mol. The predicted octanol–water partition coefficient (Wildman–Crippen LogP) is 4.92. The Kier molecular flexibility index (Phi) is 4.68. The van der Waals surface area contributed by atoms with Gasteiger partial charge in [0.15, 0.2) is 0 Å². The van der Waals surface area contributed by atoms with E-state index in [0.717, 1.165) is 46.6 Å². The number of aromatic nitrogens is 1. The zero-order valence-corrected chi connectivity index (χ0v) is 15.5. The second-order valence-corrected chi connectivity index (χ2v) is 7.49. The van der Waals surface area contributed by atoms with Crippen LogP contribution in [0.4, 0.5) is 0 Å². The molecule has 2 aromatic carbocycles. The van der Waals surface area contributed by atoms with Gasteiger partial charge in [0, 0.05) is 27.8 Å². The summed E-state index contributed by atoms with van der Waals surface area (Å²) in [6, 6.07) is 16.3. The molecule has 4 nitrogen and oxygen atoms in total. The molecule has 4 heteroatoms. The van der Waals surface area contributed by atoms with E-state index in [-0.39, 0.29) is 17.5 Å². The van der Waals surface area contributed by atoms with E-state index in [0.29, 0.717) is 5.92 Å². The fourth-order valence-corrected chi connectivity index (χ4v) is 4.05. The van der Waals surface area contributed by atoms with Crippen LogP contribution in [0, 0.1) is 17.2 Å². The highest BCUT2D eigenvalue weighted by Crippen LogP contribution is 2.27. The third kappa shape index (κ3) is 3.46. The van der Waals surface area contributed by atoms with Crippen LogP contribution in [0.5, 0.6) is 0 Å². The van der Waals surface area contributed by atoms with Gasteiger partial charge in [0.05, 0.1) is 0 Å². The summed E-state index contributed by atoms with van der Waals surface area (Å²) in [6.07, 6.45) is 6.17. The Bertz CT molecular complexity index is 1070. The van der Waals surface area contributed by atoms with Crippen LogP contribution in [0.1, 0.15) is 38.2 Å². The molecule has 136 valence electrons. The molecular weight excluding hydrogens is 334 g/mol. The molecule has 2 N–H and O–H groups in total. The molecule has 1 amide bonds. The Balaban J connectivity index is 1.63. The van der Waals surface area contributed by atoms with E-state index in [1.807, 2.05) is 36.4 Å². The summed E-state index contributed by atoms with van der Waals surface area (Å²) in [4.78, 5) is 16.0. The van der Waals surface area contributed by atoms with Crippen LogP contribution in [0.3, 0.4) is 0 Å². The standard InChI is InChI=1S/C23H23N3O/c1-15-6-2-4-8-20(15)26-23(27)17(14-24)12-16-10-11-22-19(13-16)18-7-3-5-9-21(18)25-22/h3,5,7,9-13,15,20,25H,2,4,6,8H2,1H3,(H,26,27)/b17-12+/t15-,20-/m1/s1. The molecule has 1 fully saturated rings. The topological polar surface area (TPSA) is 68.7 Å². The van der Waals surface area contributed by atoms with Crippen molar-refractivity contribution >= 4 is 33.8 Å². The maximum atomic E-state index is 12.6. The number of rotatable bonds is 3. The van der Waals surface area contributed by atoms with Gasteiger partial charge in [0.1, 0.15) is 11.6 Å². The molecule has 1 aromatic heterocycles. The van der Waals surface area contributed by atoms with Gasteiger partial charge in [-0.3, -0.25) is 4.79 Å². The first kappa shape index (κ1) is 17.4. The first-order chi connectivity index (χ1) is 13.2. The molecule has 4 rings (SSSR count). The first-order valence-corrected chi connectivity index (χ1v) is 9.59. The number of nitrogens with zero attached hydrogens (tertiary/aromatic N) is 1. The number of fused-ring (bicyclic) bond motifs is 3. The molecule has 0 unspecified atom stereocenters. The molecule has 0 bridgehead atoms. The lowest BCUT2D eigenvalue weighted by molar-refractivity contribution is -0.118. The molecule has 0 radical (unpaired) electrons. The van der Waals surface area contributed by atoms with Crippen molar-refractivity contribution in [1.29, 1.82) is 5.26 Å². The van der Waals surface area contributed by atoms with Gasteiger partial charge in [0.25, 0.3) is 5.91 Å². The highest BCUT2D eigenvalue weighted by Gasteiger charge is 2.24. The predicted molar refractivity (Wildman–Crippen MR) is 109 cm³/mol. The van der Waals surface area contributed by atoms with Gasteiger partial charge in [0.2, 0.25) is 0 Å². The highest BCUT2D eigenvalue weighted by atomic mass is 16.1. The molecule has 0 spiro atoms. The van der Waals surface area contributed by atoms with E-state index in [1.54, 1.807) is 6.08 Å². The Labute approximate surface area is 158 Å². The van der Waals surface area contributed by atoms with E-state index < -0.39 is 0 Å². The summed E-state index contributed by atoms with van der Waals surface area (Å²) >= 11 is 0. The van der Waals surface area contributed by atoms with Crippen molar-refractivity contribution in [2.75, 3.05) is 0 Å². The molecule has 1 aliphatic rings. The molecule has 3 aromatic rings. The molecular formula is C23H23N3O. The molecule has 1 heterocycles. The third-order valence-electron chi connectivity index (χ3n) is 5.63. The summed E-state index contributed by atoms with van der Waals surface area (Å²) in [5, 5.41) is 14.8. The van der Waals surface area contributed by atoms with Crippen molar-refractivity contribution in [2.45, 2.75) is 38.6 Å². The Morgan fingerprint density at radius 2 is 1.93 bits per heavy atom. The molecule has 0 saturated heterocycles. The van der Waals surface area contributed by atoms with Crippen LogP contribution < -0.4 is 5.32 Å². The molecule has 1 aliphatic carbocycles. The number of carbonyl (C=O) groups is 1. The Hall–Kier alpha value is -3.06. The lowest BCUT2D eigenvalue weighted by Gasteiger charge is -2.29. The van der Waals surface area contributed by atoms with Crippen molar-refractivity contribution in [2.24, 2.45) is 5.92 Å². The lowest BCUT2D eigenvalue weighted by Crippen LogP contribution is -2.41. The van der Waals surface area contributed by atoms with E-state index >= 15 is 0 Å². The number of carbonyl (C=O) groups excluding carboxylic acids is 1. The van der Waals surface area contributed by atoms with Gasteiger partial charge >= 0.3 is 0 Å². The molecule has 0 aliphatic heterocycles. The summed E-state index contributed by atoms with van der Waals surface area (Å²) < 4.78 is 0. The van der Waals surface area contributed by atoms with Crippen molar-refractivity contribution in [3.63, 3.8) is 0 Å². The zero-order valence-electron chi connectivity index (χ0n) is 15.5. The Morgan fingerprint density at radius 1 is 1.15 bits per heavy atom. The number of para-hydroxylation sites is 1. The van der Waals surface area contributed by atoms with Crippen LogP contribution in [-0.4, -0.2) is 16.9 Å². The van der Waals surface area contributed by atoms with E-state index in [9.17, 15) is 10.1 Å². The number of nitriles is 1. The highest BCUT2D eigenvalue weighted by molar-refractivity contribution is 6.08. The van der Waals surface area contributed by atoms with Gasteiger partial charge in [-0.2, -0.15) is 5.26 Å². The van der Waals surface area contributed by atoms with Crippen LogP contribution in [0.15, 0.2) is 48.0 Å². The molecule has 1 saturated carbocycles. The van der Waals surface area contributed by atoms with Gasteiger partial charge < -0.3 is 10.3 Å². The number of aromatic amines is 1. The van der Waals surface area contributed by atoms with Crippen LogP contribution in [0.2, 0.25) is 0 Å². The van der Waals surface area contributed by atoms with Crippen LogP contribution in [-0.2, 0) is 4.79 Å². The lowest BCUT2D eigenvalue weighted by atomic mass is 9.86. The number of hydrogen-bond donors (Lipinski definition) is 2. The normalized spacial score (nSPS) is 20.5. The Morgan fingerprint density at radius 3 is 2.74 bits per heavy atom. The number of benzene rings is 2. The van der Waals surface area contributed by atoms with Gasteiger partial charge in [-0.05, 0) is 48.6 Å². The molecule has 27 heavy (non-hydrogen) atoms. The average molecular weight is 357 g/mol. The first-order valence-electron chi connectivity index (χ1n) is 9.59. The van der Waals surface area contributed by atoms with Crippen LogP contribution >= 0.6 is 0 Å². The summed E-state index contributed by atoms with van der Waals surface area (Å²) in [5.41, 5.74) is 3.15. The number of H-pyrrole nitrogens is 1. The summed E-state index contributed by atoms with van der Waals surface area (Å²) in [6.45, 7) is 2.17. The fraction of sp³-hybridized carbons (Fsp3) is 0.304. The van der Waals surface area contributed by atoms with E-state index in [1.165, 1.54) is 6.42 Å². The van der Waals surface area contributed by atoms with Crippen LogP contribution in [0.25, 0.3) is 27.9 Å². The third-order valence-corrected chi connectivity index (χ3v) is 5.63. The number of nitrogens with one attached hydrogen (secondary N) is 2. The quantitative estimate of drug-likeness (QED) is 0.516. The number of amides is 1. The second kappa shape index (κ2) is 7.28. The largest absolute Gasteiger partial charge is 0.355 e. The van der Waals surface area contributed by atoms with Crippen molar-refractivity contribution < 1.29 is 4.79 Å². The maximum absolute atomic E-state index is 12.6. The van der Waals surface area contributed by atoms with E-state index in [4.69, 9.17) is 0 Å². The van der Waals surface area contributed by atoms with Crippen molar-refractivity contribution in [1.82, 2.24) is 10.3 Å². The minimum atomic E-state index is -0.268. The van der Waals surface area contributed by atoms with Crippen molar-refractivity contribution in [3.05, 3.63) is 53.6 Å². The van der Waals surface area contributed by atoms with Gasteiger partial charge in [-0.1, -0.05) is 44.0 Å². The van der Waals surface area contributed by atoms with Gasteiger partial charge in [-0.15, -0.1) is 0 Å². The molecule has 2 atom stereocenters. The minimum Gasteiger partial charge on any atom is -0.355 e. The number of hydrogen-bond acceptors (Lipinski definition) is 2. The minimum absolute atomic E-state index is 0.159. The second-order valence-electron chi connectivity index (χ2n) is 7.49. The fourth-order valence-electron chi connectivity index (χ4n) is 4.05. The van der Waals surface area contributed by atoms with E-state index in [2.05, 4.69) is 29.4 Å². The van der Waals surface area contributed by atoms with Crippen molar-refractivity contribution in [3.8, 4) is 6.07 Å². The SMILES string of the molecule is C[C@@H]1CCCC[C@H]1NC(=O)/C(C#N)=C/c1ccc2[nH]c3ccccc3c2c1. The smallest absolute Gasteiger partial charge is 0.262 e. The maximum Gasteiger partial charge on any atom is 0.262 e. The van der Waals surface area contributed by atoms with Gasteiger partial charge in [-0.25, -0.2) is 0 Å². The summed E-state index contributed by atoms with van der Waals surface area (Å²) in [7, 11) is 0. The average Bonchev–Trinajstić information content (AvgIpc) is 3.06. The zero-order chi connectivity index (χ0) is 18.8.